The normalized spacial score (nSPS) is 25.1. The van der Waals surface area contributed by atoms with E-state index in [2.05, 4.69) is 5.32 Å². The third-order valence-electron chi connectivity index (χ3n) is 6.90. The highest BCUT2D eigenvalue weighted by Crippen LogP contribution is 2.49. The Morgan fingerprint density at radius 1 is 1.23 bits per heavy atom. The molecule has 0 unspecified atom stereocenters. The lowest BCUT2D eigenvalue weighted by Gasteiger charge is -2.37. The molecule has 2 saturated heterocycles. The molecular weight excluding hydrogens is 390 g/mol. The molecule has 1 spiro atoms. The maximum Gasteiger partial charge on any atom is 0.317 e. The quantitative estimate of drug-likeness (QED) is 0.683. The number of hydrogen-bond donors (Lipinski definition) is 2. The monoisotopic (exact) mass is 413 g/mol. The van der Waals surface area contributed by atoms with Crippen LogP contribution in [0.3, 0.4) is 0 Å². The fourth-order valence-electron chi connectivity index (χ4n) is 5.23. The number of carboxylic acid groups (broad SMARTS) is 1. The number of carboxylic acids is 1. The van der Waals surface area contributed by atoms with Crippen molar-refractivity contribution >= 4 is 23.7 Å². The lowest BCUT2D eigenvalue weighted by atomic mass is 9.74. The number of nitrogens with one attached hydrogen (secondary N) is 1. The van der Waals surface area contributed by atoms with E-state index in [1.807, 2.05) is 17.0 Å². The van der Waals surface area contributed by atoms with Gasteiger partial charge in [-0.1, -0.05) is 6.07 Å². The van der Waals surface area contributed by atoms with Gasteiger partial charge in [-0.15, -0.1) is 0 Å². The van der Waals surface area contributed by atoms with Crippen LogP contribution >= 0.6 is 0 Å². The van der Waals surface area contributed by atoms with E-state index in [0.29, 0.717) is 38.2 Å². The third kappa shape index (κ3) is 2.87. The molecule has 9 heteroatoms. The highest BCUT2D eigenvalue weighted by molar-refractivity contribution is 6.05. The molecule has 2 fully saturated rings. The lowest BCUT2D eigenvalue weighted by molar-refractivity contribution is -0.139. The Hall–Kier alpha value is -2.94. The van der Waals surface area contributed by atoms with Crippen molar-refractivity contribution in [2.45, 2.75) is 43.7 Å². The summed E-state index contributed by atoms with van der Waals surface area (Å²) in [6.45, 7) is 2.24. The van der Waals surface area contributed by atoms with E-state index >= 15 is 0 Å². The van der Waals surface area contributed by atoms with Crippen molar-refractivity contribution in [3.63, 3.8) is 0 Å². The molecule has 158 valence electrons. The summed E-state index contributed by atoms with van der Waals surface area (Å²) in [5.41, 5.74) is 2.28. The summed E-state index contributed by atoms with van der Waals surface area (Å²) in [5, 5.41) is 11.3. The maximum absolute atomic E-state index is 13.0. The summed E-state index contributed by atoms with van der Waals surface area (Å²) >= 11 is 0. The number of ether oxygens (including phenoxy) is 1. The van der Waals surface area contributed by atoms with E-state index in [1.165, 1.54) is 4.90 Å². The van der Waals surface area contributed by atoms with E-state index in [9.17, 15) is 19.2 Å². The first-order chi connectivity index (χ1) is 14.4. The van der Waals surface area contributed by atoms with Crippen LogP contribution in [0.1, 0.15) is 47.2 Å². The van der Waals surface area contributed by atoms with Crippen molar-refractivity contribution in [1.82, 2.24) is 15.1 Å². The number of rotatable bonds is 3. The van der Waals surface area contributed by atoms with Gasteiger partial charge >= 0.3 is 5.97 Å². The predicted octanol–water partition coefficient (Wildman–Crippen LogP) is 0.258. The molecule has 0 aliphatic carbocycles. The van der Waals surface area contributed by atoms with Gasteiger partial charge in [0.25, 0.3) is 5.91 Å². The van der Waals surface area contributed by atoms with Crippen molar-refractivity contribution in [3.8, 4) is 5.75 Å². The molecule has 0 bridgehead atoms. The van der Waals surface area contributed by atoms with Crippen molar-refractivity contribution in [3.05, 3.63) is 28.8 Å². The van der Waals surface area contributed by atoms with Gasteiger partial charge in [0.1, 0.15) is 11.8 Å². The molecule has 0 saturated carbocycles. The molecule has 2 N–H and O–H groups in total. The van der Waals surface area contributed by atoms with Gasteiger partial charge in [-0.25, -0.2) is 0 Å². The summed E-state index contributed by atoms with van der Waals surface area (Å²) in [4.78, 5) is 51.2. The number of carbonyl (C=O) groups excluding carboxylic acids is 3. The van der Waals surface area contributed by atoms with Gasteiger partial charge in [-0.2, -0.15) is 0 Å². The first-order valence-electron chi connectivity index (χ1n) is 10.3. The topological polar surface area (TPSA) is 116 Å². The van der Waals surface area contributed by atoms with Crippen LogP contribution in [0.5, 0.6) is 5.75 Å². The van der Waals surface area contributed by atoms with Crippen LogP contribution in [0.15, 0.2) is 12.1 Å². The Morgan fingerprint density at radius 2 is 2.00 bits per heavy atom. The molecule has 4 aliphatic heterocycles. The number of amides is 3. The zero-order valence-electron chi connectivity index (χ0n) is 16.5. The molecule has 3 amide bonds. The summed E-state index contributed by atoms with van der Waals surface area (Å²) in [6.07, 6.45) is 2.16. The van der Waals surface area contributed by atoms with Crippen molar-refractivity contribution in [2.75, 3.05) is 26.2 Å². The van der Waals surface area contributed by atoms with Gasteiger partial charge in [0.15, 0.2) is 0 Å². The number of likely N-dealkylation sites (tertiary alicyclic amines) is 1. The van der Waals surface area contributed by atoms with Crippen LogP contribution in [-0.2, 0) is 26.3 Å². The Balaban J connectivity index is 1.39. The van der Waals surface area contributed by atoms with Gasteiger partial charge in [0, 0.05) is 28.5 Å². The fourth-order valence-corrected chi connectivity index (χ4v) is 5.23. The Labute approximate surface area is 173 Å². The minimum Gasteiger partial charge on any atom is -0.492 e. The van der Waals surface area contributed by atoms with E-state index < -0.39 is 17.9 Å². The molecule has 1 aromatic rings. The third-order valence-corrected chi connectivity index (χ3v) is 6.90. The number of hydrogen-bond acceptors (Lipinski definition) is 6. The largest absolute Gasteiger partial charge is 0.492 e. The Morgan fingerprint density at radius 3 is 2.70 bits per heavy atom. The average molecular weight is 413 g/mol. The number of benzene rings is 1. The van der Waals surface area contributed by atoms with Crippen LogP contribution in [0.4, 0.5) is 0 Å². The van der Waals surface area contributed by atoms with Gasteiger partial charge in [-0.05, 0) is 38.4 Å². The van der Waals surface area contributed by atoms with Crippen LogP contribution in [0.2, 0.25) is 0 Å². The average Bonchev–Trinajstić information content (AvgIpc) is 3.22. The molecule has 1 aromatic carbocycles. The number of imide groups is 1. The van der Waals surface area contributed by atoms with E-state index in [1.54, 1.807) is 0 Å². The zero-order valence-corrected chi connectivity index (χ0v) is 16.5. The summed E-state index contributed by atoms with van der Waals surface area (Å²) in [5.74, 6) is -1.02. The number of carbonyl (C=O) groups is 4. The summed E-state index contributed by atoms with van der Waals surface area (Å²) in [6, 6.07) is 3.13. The smallest absolute Gasteiger partial charge is 0.317 e. The Kier molecular flexibility index (Phi) is 4.32. The zero-order chi connectivity index (χ0) is 21.0. The first-order valence-corrected chi connectivity index (χ1v) is 10.3. The molecule has 5 rings (SSSR count). The van der Waals surface area contributed by atoms with Crippen LogP contribution in [0, 0.1) is 0 Å². The Bertz CT molecular complexity index is 966. The lowest BCUT2D eigenvalue weighted by Crippen LogP contribution is -2.52. The minimum absolute atomic E-state index is 0.0450. The number of aliphatic carboxylic acids is 1. The van der Waals surface area contributed by atoms with Gasteiger partial charge in [0.2, 0.25) is 11.8 Å². The molecule has 4 aliphatic rings. The number of nitrogens with zero attached hydrogens (tertiary/aromatic N) is 2. The van der Waals surface area contributed by atoms with Crippen molar-refractivity contribution in [2.24, 2.45) is 0 Å². The second kappa shape index (κ2) is 6.80. The van der Waals surface area contributed by atoms with Crippen LogP contribution in [0.25, 0.3) is 0 Å². The molecule has 9 nitrogen and oxygen atoms in total. The molecular formula is C21H23N3O6. The molecule has 4 heterocycles. The number of piperidine rings is 2. The molecule has 0 radical (unpaired) electrons. The second-order valence-corrected chi connectivity index (χ2v) is 8.61. The molecule has 0 aromatic heterocycles. The highest BCUT2D eigenvalue weighted by atomic mass is 16.5. The highest BCUT2D eigenvalue weighted by Gasteiger charge is 2.47. The predicted molar refractivity (Wildman–Crippen MR) is 103 cm³/mol. The van der Waals surface area contributed by atoms with E-state index in [0.717, 1.165) is 29.7 Å². The maximum atomic E-state index is 13.0. The molecule has 1 atom stereocenters. The second-order valence-electron chi connectivity index (χ2n) is 8.61. The first kappa shape index (κ1) is 19.0. The fraction of sp³-hybridized carbons (Fsp3) is 0.524. The summed E-state index contributed by atoms with van der Waals surface area (Å²) < 4.78 is 6.11. The van der Waals surface area contributed by atoms with E-state index in [4.69, 9.17) is 9.84 Å². The van der Waals surface area contributed by atoms with Crippen LogP contribution in [-0.4, -0.2) is 70.9 Å². The van der Waals surface area contributed by atoms with Gasteiger partial charge < -0.3 is 14.7 Å². The summed E-state index contributed by atoms with van der Waals surface area (Å²) in [7, 11) is 0. The van der Waals surface area contributed by atoms with Crippen molar-refractivity contribution in [1.29, 1.82) is 0 Å². The standard InChI is InChI=1S/C21H23N3O6/c25-16-4-3-15(19(28)22-16)24-9-13-12(20(24)29)1-2-14-18(13)30-11-21(14)5-7-23(8-6-21)10-17(26)27/h1-2,15H,3-11H2,(H,26,27)(H,22,25,28)/t15-/m0/s1. The minimum atomic E-state index is -0.820. The van der Waals surface area contributed by atoms with Gasteiger partial charge in [-0.3, -0.25) is 29.4 Å². The SMILES string of the molecule is O=C(O)CN1CCC2(CC1)COc1c2ccc2c1CN([C@H]1CCC(=O)NC1=O)C2=O. The number of fused-ring (bicyclic) bond motifs is 4. The van der Waals surface area contributed by atoms with E-state index in [-0.39, 0.29) is 30.2 Å². The van der Waals surface area contributed by atoms with Crippen LogP contribution < -0.4 is 10.1 Å². The van der Waals surface area contributed by atoms with Gasteiger partial charge in [0.05, 0.1) is 19.7 Å². The molecule has 30 heavy (non-hydrogen) atoms. The van der Waals surface area contributed by atoms with Crippen molar-refractivity contribution < 1.29 is 29.0 Å².